The highest BCUT2D eigenvalue weighted by molar-refractivity contribution is 5.88. The fraction of sp³-hybridized carbons (Fsp3) is 0.607. The van der Waals surface area contributed by atoms with Crippen LogP contribution in [0.15, 0.2) is 30.5 Å². The molecule has 1 saturated carbocycles. The van der Waals surface area contributed by atoms with E-state index in [-0.39, 0.29) is 17.3 Å². The predicted octanol–water partition coefficient (Wildman–Crippen LogP) is 4.97. The number of nitrogens with zero attached hydrogens (tertiary/aromatic N) is 2. The summed E-state index contributed by atoms with van der Waals surface area (Å²) in [5.41, 5.74) is 1.98. The van der Waals surface area contributed by atoms with Crippen molar-refractivity contribution in [1.29, 1.82) is 0 Å². The van der Waals surface area contributed by atoms with Crippen molar-refractivity contribution >= 4 is 22.8 Å². The van der Waals surface area contributed by atoms with E-state index in [2.05, 4.69) is 52.9 Å². The number of amides is 2. The number of carbonyl (C=O) groups excluding carboxylic acids is 2. The predicted molar refractivity (Wildman–Crippen MR) is 139 cm³/mol. The molecule has 196 valence electrons. The van der Waals surface area contributed by atoms with Crippen LogP contribution >= 0.6 is 0 Å². The summed E-state index contributed by atoms with van der Waals surface area (Å²) in [5.74, 6) is 0.0158. The van der Waals surface area contributed by atoms with E-state index in [9.17, 15) is 14.0 Å². The molecule has 3 N–H and O–H groups in total. The third-order valence-electron chi connectivity index (χ3n) is 7.71. The number of para-hydroxylation sites is 1. The second kappa shape index (κ2) is 10.6. The first-order valence-electron chi connectivity index (χ1n) is 13.2. The van der Waals surface area contributed by atoms with Gasteiger partial charge in [-0.2, -0.15) is 0 Å². The number of carbonyl (C=O) groups is 2. The molecule has 1 aromatic carbocycles. The summed E-state index contributed by atoms with van der Waals surface area (Å²) in [6.45, 7) is 13.6. The first-order valence-corrected chi connectivity index (χ1v) is 13.2. The lowest BCUT2D eigenvalue weighted by Gasteiger charge is -2.42. The highest BCUT2D eigenvalue weighted by Crippen LogP contribution is 2.46. The number of fused-ring (bicyclic) bond motifs is 1. The highest BCUT2D eigenvalue weighted by atomic mass is 19.1. The fourth-order valence-corrected chi connectivity index (χ4v) is 5.90. The molecule has 0 spiro atoms. The first-order chi connectivity index (χ1) is 17.0. The summed E-state index contributed by atoms with van der Waals surface area (Å²) in [7, 11) is 0. The van der Waals surface area contributed by atoms with Crippen LogP contribution < -0.4 is 10.6 Å². The third kappa shape index (κ3) is 6.08. The molecule has 2 aromatic rings. The van der Waals surface area contributed by atoms with Crippen molar-refractivity contribution in [3.05, 3.63) is 42.1 Å². The van der Waals surface area contributed by atoms with Gasteiger partial charge in [-0.3, -0.25) is 9.59 Å². The summed E-state index contributed by atoms with van der Waals surface area (Å²) in [4.78, 5) is 36.0. The maximum atomic E-state index is 14.1. The molecule has 2 heterocycles. The van der Waals surface area contributed by atoms with Gasteiger partial charge in [0.2, 0.25) is 11.8 Å². The molecule has 2 amide bonds. The molecule has 8 heteroatoms. The molecule has 1 aromatic heterocycles. The number of aromatic nitrogens is 2. The number of nitrogens with one attached hydrogen (secondary N) is 3. The summed E-state index contributed by atoms with van der Waals surface area (Å²) < 4.78 is 14.1. The van der Waals surface area contributed by atoms with E-state index >= 15 is 0 Å². The lowest BCUT2D eigenvalue weighted by molar-refractivity contribution is -0.130. The Labute approximate surface area is 213 Å². The van der Waals surface area contributed by atoms with Gasteiger partial charge in [-0.15, -0.1) is 0 Å². The SMILES string of the molecule is C=C(C[C@H](NC(=O)CC1CC(C)(C)C1)C(=O)N[C@H](C)c1nc2c(F)cccc2[nH]1)N1CCCC[C@@H]1C. The minimum Gasteiger partial charge on any atom is -0.373 e. The van der Waals surface area contributed by atoms with E-state index in [4.69, 9.17) is 0 Å². The maximum Gasteiger partial charge on any atom is 0.243 e. The van der Waals surface area contributed by atoms with Gasteiger partial charge in [-0.05, 0) is 69.4 Å². The Morgan fingerprint density at radius 3 is 2.69 bits per heavy atom. The van der Waals surface area contributed by atoms with E-state index in [1.165, 1.54) is 12.5 Å². The van der Waals surface area contributed by atoms with Crippen molar-refractivity contribution in [3.63, 3.8) is 0 Å². The lowest BCUT2D eigenvalue weighted by Crippen LogP contribution is -2.50. The Bertz CT molecular complexity index is 1120. The number of hydrogen-bond acceptors (Lipinski definition) is 4. The van der Waals surface area contributed by atoms with Crippen molar-refractivity contribution in [2.45, 2.75) is 90.8 Å². The molecule has 2 fully saturated rings. The van der Waals surface area contributed by atoms with E-state index in [0.717, 1.165) is 37.9 Å². The smallest absolute Gasteiger partial charge is 0.243 e. The van der Waals surface area contributed by atoms with Crippen LogP contribution in [-0.4, -0.2) is 45.3 Å². The normalized spacial score (nSPS) is 21.5. The van der Waals surface area contributed by atoms with Crippen molar-refractivity contribution in [2.24, 2.45) is 11.3 Å². The zero-order chi connectivity index (χ0) is 26.0. The van der Waals surface area contributed by atoms with Gasteiger partial charge in [0.1, 0.15) is 17.4 Å². The van der Waals surface area contributed by atoms with Gasteiger partial charge in [0.15, 0.2) is 5.82 Å². The molecule has 0 bridgehead atoms. The van der Waals surface area contributed by atoms with Crippen LogP contribution in [0, 0.1) is 17.2 Å². The van der Waals surface area contributed by atoms with Gasteiger partial charge in [-0.25, -0.2) is 9.37 Å². The van der Waals surface area contributed by atoms with E-state index < -0.39 is 17.9 Å². The van der Waals surface area contributed by atoms with Gasteiger partial charge in [0, 0.05) is 31.1 Å². The van der Waals surface area contributed by atoms with E-state index in [0.29, 0.717) is 41.6 Å². The van der Waals surface area contributed by atoms with Crippen molar-refractivity contribution in [2.75, 3.05) is 6.54 Å². The summed E-state index contributed by atoms with van der Waals surface area (Å²) in [6, 6.07) is 3.86. The van der Waals surface area contributed by atoms with Crippen molar-refractivity contribution in [3.8, 4) is 0 Å². The number of piperidine rings is 1. The Morgan fingerprint density at radius 2 is 2.03 bits per heavy atom. The molecular weight excluding hydrogens is 457 g/mol. The zero-order valence-corrected chi connectivity index (χ0v) is 22.0. The number of imidazole rings is 1. The van der Waals surface area contributed by atoms with E-state index in [1.807, 2.05) is 0 Å². The first kappa shape index (κ1) is 26.2. The van der Waals surface area contributed by atoms with Gasteiger partial charge in [0.05, 0.1) is 11.6 Å². The number of H-pyrrole nitrogens is 1. The highest BCUT2D eigenvalue weighted by Gasteiger charge is 2.37. The average molecular weight is 498 g/mol. The Kier molecular flexibility index (Phi) is 7.71. The molecular formula is C28H40FN5O2. The van der Waals surface area contributed by atoms with Crippen LogP contribution in [-0.2, 0) is 9.59 Å². The molecule has 4 rings (SSSR count). The topological polar surface area (TPSA) is 90.1 Å². The Balaban J connectivity index is 1.44. The van der Waals surface area contributed by atoms with Crippen LogP contribution in [0.5, 0.6) is 0 Å². The zero-order valence-electron chi connectivity index (χ0n) is 22.0. The lowest BCUT2D eigenvalue weighted by atomic mass is 9.63. The minimum atomic E-state index is -0.740. The summed E-state index contributed by atoms with van der Waals surface area (Å²) in [5, 5.41) is 5.96. The van der Waals surface area contributed by atoms with Crippen LogP contribution in [0.3, 0.4) is 0 Å². The minimum absolute atomic E-state index is 0.103. The number of halogens is 1. The summed E-state index contributed by atoms with van der Waals surface area (Å²) >= 11 is 0. The molecule has 1 aliphatic heterocycles. The molecule has 0 radical (unpaired) electrons. The quantitative estimate of drug-likeness (QED) is 0.456. The average Bonchev–Trinajstić information content (AvgIpc) is 3.23. The summed E-state index contributed by atoms with van der Waals surface area (Å²) in [6.07, 6.45) is 6.21. The monoisotopic (exact) mass is 497 g/mol. The number of hydrogen-bond donors (Lipinski definition) is 3. The molecule has 7 nitrogen and oxygen atoms in total. The second-order valence-corrected chi connectivity index (χ2v) is 11.6. The Morgan fingerprint density at radius 1 is 1.28 bits per heavy atom. The van der Waals surface area contributed by atoms with E-state index in [1.54, 1.807) is 19.1 Å². The van der Waals surface area contributed by atoms with Crippen molar-refractivity contribution in [1.82, 2.24) is 25.5 Å². The largest absolute Gasteiger partial charge is 0.373 e. The molecule has 2 aliphatic rings. The standard InChI is InChI=1S/C28H40FN5O2/c1-17-9-6-7-12-34(17)18(2)13-23(31-24(35)14-20-15-28(4,5)16-20)27(36)30-19(3)26-32-22-11-8-10-21(29)25(22)33-26/h8,10-11,17,19-20,23H,2,6-7,9,12-16H2,1,3-5H3,(H,30,36)(H,31,35)(H,32,33)/t17-,19+,23-/m0/s1. The number of likely N-dealkylation sites (tertiary alicyclic amines) is 1. The van der Waals surface area contributed by atoms with Gasteiger partial charge >= 0.3 is 0 Å². The van der Waals surface area contributed by atoms with Gasteiger partial charge < -0.3 is 20.5 Å². The second-order valence-electron chi connectivity index (χ2n) is 11.6. The maximum absolute atomic E-state index is 14.1. The third-order valence-corrected chi connectivity index (χ3v) is 7.71. The molecule has 36 heavy (non-hydrogen) atoms. The molecule has 1 aliphatic carbocycles. The number of aromatic amines is 1. The number of benzene rings is 1. The van der Waals surface area contributed by atoms with Gasteiger partial charge in [-0.1, -0.05) is 26.5 Å². The van der Waals surface area contributed by atoms with Crippen LogP contribution in [0.25, 0.3) is 11.0 Å². The fourth-order valence-electron chi connectivity index (χ4n) is 5.90. The molecule has 1 saturated heterocycles. The van der Waals surface area contributed by atoms with Crippen LogP contribution in [0.4, 0.5) is 4.39 Å². The Hall–Kier alpha value is -2.90. The van der Waals surface area contributed by atoms with Crippen molar-refractivity contribution < 1.29 is 14.0 Å². The number of rotatable bonds is 9. The van der Waals surface area contributed by atoms with Crippen LogP contribution in [0.1, 0.15) is 84.5 Å². The molecule has 3 atom stereocenters. The molecule has 0 unspecified atom stereocenters. The van der Waals surface area contributed by atoms with Gasteiger partial charge in [0.25, 0.3) is 0 Å². The van der Waals surface area contributed by atoms with Crippen LogP contribution in [0.2, 0.25) is 0 Å².